The quantitative estimate of drug-likeness (QED) is 0.794. The maximum atomic E-state index is 11.9. The van der Waals surface area contributed by atoms with Crippen LogP contribution in [0.5, 0.6) is 0 Å². The predicted molar refractivity (Wildman–Crippen MR) is 83.3 cm³/mol. The second kappa shape index (κ2) is 5.12. The van der Waals surface area contributed by atoms with Gasteiger partial charge >= 0.3 is 0 Å². The molecule has 1 saturated heterocycles. The van der Waals surface area contributed by atoms with Gasteiger partial charge in [-0.25, -0.2) is 0 Å². The molecule has 106 valence electrons. The van der Waals surface area contributed by atoms with Gasteiger partial charge in [-0.05, 0) is 16.7 Å². The molecule has 0 unspecified atom stereocenters. The number of nitrogens with zero attached hydrogens (tertiary/aromatic N) is 1. The molecule has 2 heteroatoms. The van der Waals surface area contributed by atoms with Crippen molar-refractivity contribution in [2.45, 2.75) is 24.8 Å². The number of piperidine rings is 1. The third kappa shape index (κ3) is 2.20. The minimum Gasteiger partial charge on any atom is -0.300 e. The molecule has 2 aromatic carbocycles. The Bertz CT molecular complexity index is 664. The summed E-state index contributed by atoms with van der Waals surface area (Å²) in [6.07, 6.45) is 1.39. The number of Topliss-reactive ketones (excluding diaryl/α,β-unsaturated/α-hetero) is 1. The van der Waals surface area contributed by atoms with Gasteiger partial charge in [0, 0.05) is 37.9 Å². The fraction of sp³-hybridized carbons (Fsp3) is 0.316. The highest BCUT2D eigenvalue weighted by Crippen LogP contribution is 2.42. The minimum atomic E-state index is 0.294. The van der Waals surface area contributed by atoms with Crippen LogP contribution in [0.3, 0.4) is 0 Å². The Labute approximate surface area is 125 Å². The van der Waals surface area contributed by atoms with E-state index in [2.05, 4.69) is 59.5 Å². The number of rotatable bonds is 1. The first-order valence-electron chi connectivity index (χ1n) is 7.72. The number of ketones is 1. The molecular formula is C19H19NO. The first kappa shape index (κ1) is 12.8. The molecule has 2 atom stereocenters. The second-order valence-electron chi connectivity index (χ2n) is 6.10. The molecule has 0 aliphatic carbocycles. The van der Waals surface area contributed by atoms with Crippen LogP contribution in [0.15, 0.2) is 54.6 Å². The summed E-state index contributed by atoms with van der Waals surface area (Å²) in [7, 11) is 0. The van der Waals surface area contributed by atoms with E-state index in [1.807, 2.05) is 0 Å². The third-order valence-corrected chi connectivity index (χ3v) is 4.89. The first-order valence-corrected chi connectivity index (χ1v) is 7.72. The zero-order valence-electron chi connectivity index (χ0n) is 12.0. The summed E-state index contributed by atoms with van der Waals surface area (Å²) in [4.78, 5) is 14.4. The molecule has 2 nitrogen and oxygen atoms in total. The first-order chi connectivity index (χ1) is 10.3. The van der Waals surface area contributed by atoms with Gasteiger partial charge in [0.1, 0.15) is 5.78 Å². The van der Waals surface area contributed by atoms with Gasteiger partial charge in [-0.15, -0.1) is 0 Å². The lowest BCUT2D eigenvalue weighted by atomic mass is 9.78. The van der Waals surface area contributed by atoms with Crippen molar-refractivity contribution in [2.24, 2.45) is 0 Å². The smallest absolute Gasteiger partial charge is 0.136 e. The van der Waals surface area contributed by atoms with E-state index in [-0.39, 0.29) is 0 Å². The van der Waals surface area contributed by atoms with Crippen molar-refractivity contribution >= 4 is 5.78 Å². The van der Waals surface area contributed by atoms with Gasteiger partial charge in [-0.3, -0.25) is 9.69 Å². The van der Waals surface area contributed by atoms with E-state index < -0.39 is 0 Å². The molecule has 2 aliphatic rings. The molecule has 21 heavy (non-hydrogen) atoms. The molecule has 0 bridgehead atoms. The predicted octanol–water partition coefficient (Wildman–Crippen LogP) is 3.54. The van der Waals surface area contributed by atoms with Crippen molar-refractivity contribution in [3.05, 3.63) is 71.3 Å². The van der Waals surface area contributed by atoms with E-state index in [0.717, 1.165) is 13.1 Å². The fourth-order valence-electron chi connectivity index (χ4n) is 3.83. The summed E-state index contributed by atoms with van der Waals surface area (Å²) in [6, 6.07) is 19.7. The molecule has 2 heterocycles. The molecule has 0 spiro atoms. The van der Waals surface area contributed by atoms with Gasteiger partial charge in [-0.1, -0.05) is 54.6 Å². The van der Waals surface area contributed by atoms with Crippen LogP contribution in [0.2, 0.25) is 0 Å². The van der Waals surface area contributed by atoms with Crippen LogP contribution in [0, 0.1) is 0 Å². The number of benzene rings is 2. The summed E-state index contributed by atoms with van der Waals surface area (Å²) in [5.74, 6) is 0.830. The van der Waals surface area contributed by atoms with Crippen LogP contribution in [-0.2, 0) is 4.79 Å². The summed E-state index contributed by atoms with van der Waals surface area (Å²) in [6.45, 7) is 1.93. The topological polar surface area (TPSA) is 20.3 Å². The maximum Gasteiger partial charge on any atom is 0.136 e. The lowest BCUT2D eigenvalue weighted by Gasteiger charge is -2.43. The molecule has 0 radical (unpaired) electrons. The fourth-order valence-corrected chi connectivity index (χ4v) is 3.83. The van der Waals surface area contributed by atoms with Gasteiger partial charge in [-0.2, -0.15) is 0 Å². The van der Waals surface area contributed by atoms with Crippen molar-refractivity contribution in [1.82, 2.24) is 4.90 Å². The summed E-state index contributed by atoms with van der Waals surface area (Å²) >= 11 is 0. The lowest BCUT2D eigenvalue weighted by Crippen LogP contribution is -2.43. The molecule has 0 N–H and O–H groups in total. The Morgan fingerprint density at radius 2 is 1.62 bits per heavy atom. The van der Waals surface area contributed by atoms with Crippen LogP contribution in [0.25, 0.3) is 0 Å². The highest BCUT2D eigenvalue weighted by Gasteiger charge is 2.36. The zero-order valence-corrected chi connectivity index (χ0v) is 12.0. The molecule has 0 amide bonds. The molecule has 2 aromatic rings. The number of carbonyl (C=O) groups is 1. The average molecular weight is 277 g/mol. The average Bonchev–Trinajstić information content (AvgIpc) is 2.55. The number of fused-ring (bicyclic) bond motifs is 3. The zero-order chi connectivity index (χ0) is 14.2. The van der Waals surface area contributed by atoms with E-state index >= 15 is 0 Å². The Kier molecular flexibility index (Phi) is 3.12. The second-order valence-corrected chi connectivity index (χ2v) is 6.10. The summed E-state index contributed by atoms with van der Waals surface area (Å²) in [5, 5.41) is 0. The highest BCUT2D eigenvalue weighted by atomic mass is 16.1. The van der Waals surface area contributed by atoms with E-state index in [1.54, 1.807) is 0 Å². The Hall–Kier alpha value is -1.93. The standard InChI is InChI=1S/C19H19NO/c21-15-10-11-20-13-18(14-6-2-1-3-7-14)16-8-4-5-9-17(16)19(20)12-15/h1-9,18-19H,10-13H2/t18-,19+/m1/s1. The molecular weight excluding hydrogens is 258 g/mol. The van der Waals surface area contributed by atoms with Gasteiger partial charge in [0.15, 0.2) is 0 Å². The molecule has 0 saturated carbocycles. The number of carbonyl (C=O) groups excluding carboxylic acids is 1. The van der Waals surface area contributed by atoms with Gasteiger partial charge < -0.3 is 0 Å². The van der Waals surface area contributed by atoms with Crippen LogP contribution >= 0.6 is 0 Å². The maximum absolute atomic E-state index is 11.9. The van der Waals surface area contributed by atoms with Gasteiger partial charge in [0.25, 0.3) is 0 Å². The van der Waals surface area contributed by atoms with E-state index in [9.17, 15) is 4.79 Å². The Morgan fingerprint density at radius 1 is 0.905 bits per heavy atom. The van der Waals surface area contributed by atoms with Crippen LogP contribution in [-0.4, -0.2) is 23.8 Å². The Morgan fingerprint density at radius 3 is 2.43 bits per heavy atom. The number of hydrogen-bond acceptors (Lipinski definition) is 2. The monoisotopic (exact) mass is 277 g/mol. The van der Waals surface area contributed by atoms with Gasteiger partial charge in [0.2, 0.25) is 0 Å². The van der Waals surface area contributed by atoms with Crippen LogP contribution < -0.4 is 0 Å². The molecule has 1 fully saturated rings. The number of hydrogen-bond donors (Lipinski definition) is 0. The van der Waals surface area contributed by atoms with Crippen LogP contribution in [0.4, 0.5) is 0 Å². The van der Waals surface area contributed by atoms with Crippen molar-refractivity contribution < 1.29 is 4.79 Å². The lowest BCUT2D eigenvalue weighted by molar-refractivity contribution is -0.123. The SMILES string of the molecule is O=C1CCN2C[C@H](c3ccccc3)c3ccccc3[C@@H]2C1. The largest absolute Gasteiger partial charge is 0.300 e. The normalized spacial score (nSPS) is 25.2. The Balaban J connectivity index is 1.80. The third-order valence-electron chi connectivity index (χ3n) is 4.89. The van der Waals surface area contributed by atoms with Crippen molar-refractivity contribution in [3.8, 4) is 0 Å². The van der Waals surface area contributed by atoms with Crippen molar-refractivity contribution in [1.29, 1.82) is 0 Å². The highest BCUT2D eigenvalue weighted by molar-refractivity contribution is 5.80. The summed E-state index contributed by atoms with van der Waals surface area (Å²) < 4.78 is 0. The molecule has 2 aliphatic heterocycles. The molecule has 4 rings (SSSR count). The van der Waals surface area contributed by atoms with E-state index in [1.165, 1.54) is 16.7 Å². The minimum absolute atomic E-state index is 0.294. The van der Waals surface area contributed by atoms with Crippen molar-refractivity contribution in [2.75, 3.05) is 13.1 Å². The molecule has 0 aromatic heterocycles. The van der Waals surface area contributed by atoms with Crippen LogP contribution in [0.1, 0.15) is 41.5 Å². The van der Waals surface area contributed by atoms with E-state index in [0.29, 0.717) is 30.6 Å². The van der Waals surface area contributed by atoms with Gasteiger partial charge in [0.05, 0.1) is 0 Å². The van der Waals surface area contributed by atoms with Crippen molar-refractivity contribution in [3.63, 3.8) is 0 Å². The summed E-state index contributed by atoms with van der Waals surface area (Å²) in [5.41, 5.74) is 4.13. The van der Waals surface area contributed by atoms with E-state index in [4.69, 9.17) is 0 Å².